The molecule has 1 aliphatic heterocycles. The molecule has 0 atom stereocenters. The second-order valence-corrected chi connectivity index (χ2v) is 3.96. The van der Waals surface area contributed by atoms with Gasteiger partial charge in [0.15, 0.2) is 0 Å². The summed E-state index contributed by atoms with van der Waals surface area (Å²) in [6.07, 6.45) is 3.13. The highest BCUT2D eigenvalue weighted by Gasteiger charge is 2.27. The second kappa shape index (κ2) is 4.57. The first-order valence-electron chi connectivity index (χ1n) is 5.20. The second-order valence-electron chi connectivity index (χ2n) is 3.96. The number of halogens is 1. The van der Waals surface area contributed by atoms with Crippen LogP contribution < -0.4 is 0 Å². The van der Waals surface area contributed by atoms with E-state index < -0.39 is 0 Å². The number of aromatic nitrogens is 1. The number of hydrogen-bond acceptors (Lipinski definition) is 3. The first-order chi connectivity index (χ1) is 7.65. The molecule has 0 radical (unpaired) electrons. The first kappa shape index (κ1) is 11.0. The predicted octanol–water partition coefficient (Wildman–Crippen LogP) is 0.356. The SMILES string of the molecule is O=C(CCc1cncc(F)c1)N1CC(O)C1. The smallest absolute Gasteiger partial charge is 0.223 e. The predicted molar refractivity (Wildman–Crippen MR) is 55.1 cm³/mol. The van der Waals surface area contributed by atoms with Gasteiger partial charge in [-0.2, -0.15) is 0 Å². The first-order valence-corrected chi connectivity index (χ1v) is 5.20. The number of amides is 1. The zero-order valence-electron chi connectivity index (χ0n) is 8.77. The average molecular weight is 224 g/mol. The molecule has 0 aromatic carbocycles. The van der Waals surface area contributed by atoms with Crippen LogP contribution in [0.5, 0.6) is 0 Å². The van der Waals surface area contributed by atoms with Gasteiger partial charge in [-0.05, 0) is 18.1 Å². The zero-order chi connectivity index (χ0) is 11.5. The third-order valence-corrected chi connectivity index (χ3v) is 2.60. The van der Waals surface area contributed by atoms with Crippen molar-refractivity contribution in [2.75, 3.05) is 13.1 Å². The third-order valence-electron chi connectivity index (χ3n) is 2.60. The highest BCUT2D eigenvalue weighted by molar-refractivity contribution is 5.77. The topological polar surface area (TPSA) is 53.4 Å². The molecular formula is C11H13FN2O2. The van der Waals surface area contributed by atoms with Gasteiger partial charge >= 0.3 is 0 Å². The summed E-state index contributed by atoms with van der Waals surface area (Å²) in [5, 5.41) is 9.04. The van der Waals surface area contributed by atoms with Crippen LogP contribution in [0.15, 0.2) is 18.5 Å². The molecule has 1 aromatic rings. The number of carbonyl (C=O) groups is 1. The maximum absolute atomic E-state index is 12.8. The Hall–Kier alpha value is -1.49. The molecule has 1 amide bonds. The lowest BCUT2D eigenvalue weighted by Gasteiger charge is -2.35. The number of aryl methyl sites for hydroxylation is 1. The molecule has 0 bridgehead atoms. The molecule has 1 aliphatic rings. The van der Waals surface area contributed by atoms with E-state index in [9.17, 15) is 9.18 Å². The van der Waals surface area contributed by atoms with E-state index in [0.717, 1.165) is 11.8 Å². The molecule has 4 nitrogen and oxygen atoms in total. The molecule has 0 spiro atoms. The van der Waals surface area contributed by atoms with E-state index in [-0.39, 0.29) is 17.8 Å². The lowest BCUT2D eigenvalue weighted by Crippen LogP contribution is -2.53. The van der Waals surface area contributed by atoms with E-state index in [1.807, 2.05) is 0 Å². The lowest BCUT2D eigenvalue weighted by molar-refractivity contribution is -0.141. The van der Waals surface area contributed by atoms with Crippen molar-refractivity contribution in [3.8, 4) is 0 Å². The van der Waals surface area contributed by atoms with Crippen LogP contribution in [0.3, 0.4) is 0 Å². The van der Waals surface area contributed by atoms with Gasteiger partial charge in [0, 0.05) is 25.7 Å². The van der Waals surface area contributed by atoms with E-state index >= 15 is 0 Å². The fourth-order valence-corrected chi connectivity index (χ4v) is 1.66. The average Bonchev–Trinajstić information content (AvgIpc) is 2.22. The largest absolute Gasteiger partial charge is 0.389 e. The van der Waals surface area contributed by atoms with Crippen LogP contribution >= 0.6 is 0 Å². The van der Waals surface area contributed by atoms with Crippen molar-refractivity contribution in [1.29, 1.82) is 0 Å². The third kappa shape index (κ3) is 2.55. The fourth-order valence-electron chi connectivity index (χ4n) is 1.66. The summed E-state index contributed by atoms with van der Waals surface area (Å²) in [7, 11) is 0. The highest BCUT2D eigenvalue weighted by Crippen LogP contribution is 2.11. The number of nitrogens with zero attached hydrogens (tertiary/aromatic N) is 2. The van der Waals surface area contributed by atoms with Crippen molar-refractivity contribution in [3.05, 3.63) is 29.8 Å². The Balaban J connectivity index is 1.81. The fraction of sp³-hybridized carbons (Fsp3) is 0.455. The van der Waals surface area contributed by atoms with Gasteiger partial charge in [0.1, 0.15) is 5.82 Å². The van der Waals surface area contributed by atoms with Crippen LogP contribution in [-0.4, -0.2) is 40.1 Å². The van der Waals surface area contributed by atoms with E-state index in [0.29, 0.717) is 25.9 Å². The van der Waals surface area contributed by atoms with E-state index in [2.05, 4.69) is 4.98 Å². The zero-order valence-corrected chi connectivity index (χ0v) is 8.77. The highest BCUT2D eigenvalue weighted by atomic mass is 19.1. The number of aliphatic hydroxyl groups excluding tert-OH is 1. The molecule has 1 fully saturated rings. The lowest BCUT2D eigenvalue weighted by atomic mass is 10.1. The van der Waals surface area contributed by atoms with Gasteiger partial charge in [-0.15, -0.1) is 0 Å². The van der Waals surface area contributed by atoms with Gasteiger partial charge in [-0.25, -0.2) is 4.39 Å². The number of pyridine rings is 1. The summed E-state index contributed by atoms with van der Waals surface area (Å²) in [4.78, 5) is 16.8. The standard InChI is InChI=1S/C11H13FN2O2/c12-9-3-8(4-13-5-9)1-2-11(16)14-6-10(15)7-14/h3-5,10,15H,1-2,6-7H2. The molecule has 1 aromatic heterocycles. The molecule has 1 saturated heterocycles. The summed E-state index contributed by atoms with van der Waals surface area (Å²) in [5.41, 5.74) is 0.717. The minimum atomic E-state index is -0.385. The molecule has 5 heteroatoms. The monoisotopic (exact) mass is 224 g/mol. The number of aliphatic hydroxyl groups is 1. The molecule has 0 unspecified atom stereocenters. The molecule has 1 N–H and O–H groups in total. The number of likely N-dealkylation sites (tertiary alicyclic amines) is 1. The van der Waals surface area contributed by atoms with Crippen LogP contribution in [-0.2, 0) is 11.2 Å². The Morgan fingerprint density at radius 1 is 1.56 bits per heavy atom. The number of carbonyl (C=O) groups excluding carboxylic acids is 1. The molecule has 86 valence electrons. The normalized spacial score (nSPS) is 16.0. The molecule has 2 rings (SSSR count). The minimum Gasteiger partial charge on any atom is -0.389 e. The molecule has 0 saturated carbocycles. The van der Waals surface area contributed by atoms with Crippen molar-refractivity contribution in [3.63, 3.8) is 0 Å². The van der Waals surface area contributed by atoms with Gasteiger partial charge in [-0.3, -0.25) is 9.78 Å². The van der Waals surface area contributed by atoms with Crippen LogP contribution in [0.4, 0.5) is 4.39 Å². The molecule has 2 heterocycles. The van der Waals surface area contributed by atoms with Gasteiger partial charge in [-0.1, -0.05) is 0 Å². The van der Waals surface area contributed by atoms with Crippen molar-refractivity contribution in [2.45, 2.75) is 18.9 Å². The van der Waals surface area contributed by atoms with Crippen molar-refractivity contribution < 1.29 is 14.3 Å². The molecular weight excluding hydrogens is 211 g/mol. The van der Waals surface area contributed by atoms with Gasteiger partial charge in [0.25, 0.3) is 0 Å². The Labute approximate surface area is 92.7 Å². The maximum atomic E-state index is 12.8. The Morgan fingerprint density at radius 3 is 2.94 bits per heavy atom. The van der Waals surface area contributed by atoms with Gasteiger partial charge in [0.2, 0.25) is 5.91 Å². The summed E-state index contributed by atoms with van der Waals surface area (Å²) in [6.45, 7) is 0.834. The number of rotatable bonds is 3. The Bertz CT molecular complexity index is 391. The van der Waals surface area contributed by atoms with E-state index in [1.165, 1.54) is 6.07 Å². The van der Waals surface area contributed by atoms with Crippen molar-refractivity contribution in [2.24, 2.45) is 0 Å². The summed E-state index contributed by atoms with van der Waals surface area (Å²) in [5.74, 6) is -0.390. The summed E-state index contributed by atoms with van der Waals surface area (Å²) < 4.78 is 12.8. The van der Waals surface area contributed by atoms with Crippen LogP contribution in [0, 0.1) is 5.82 Å². The Kier molecular flexibility index (Phi) is 3.14. The van der Waals surface area contributed by atoms with E-state index in [4.69, 9.17) is 5.11 Å². The quantitative estimate of drug-likeness (QED) is 0.806. The minimum absolute atomic E-state index is 0.00504. The van der Waals surface area contributed by atoms with E-state index in [1.54, 1.807) is 11.1 Å². The number of β-amino-alcohol motifs (C(OH)–C–C–N with tert-alkyl or cyclic N) is 1. The van der Waals surface area contributed by atoms with Crippen LogP contribution in [0.2, 0.25) is 0 Å². The van der Waals surface area contributed by atoms with Crippen molar-refractivity contribution >= 4 is 5.91 Å². The summed E-state index contributed by atoms with van der Waals surface area (Å²) in [6, 6.07) is 1.38. The van der Waals surface area contributed by atoms with Crippen molar-refractivity contribution in [1.82, 2.24) is 9.88 Å². The summed E-state index contributed by atoms with van der Waals surface area (Å²) >= 11 is 0. The van der Waals surface area contributed by atoms with Gasteiger partial charge in [0.05, 0.1) is 12.3 Å². The number of hydrogen-bond donors (Lipinski definition) is 1. The molecule has 0 aliphatic carbocycles. The maximum Gasteiger partial charge on any atom is 0.223 e. The van der Waals surface area contributed by atoms with Crippen LogP contribution in [0.25, 0.3) is 0 Å². The molecule has 16 heavy (non-hydrogen) atoms. The Morgan fingerprint density at radius 2 is 2.31 bits per heavy atom. The van der Waals surface area contributed by atoms with Crippen LogP contribution in [0.1, 0.15) is 12.0 Å². The van der Waals surface area contributed by atoms with Gasteiger partial charge < -0.3 is 10.0 Å².